The van der Waals surface area contributed by atoms with Gasteiger partial charge >= 0.3 is 6.18 Å². The molecule has 0 unspecified atom stereocenters. The molecule has 0 amide bonds. The molecule has 0 aliphatic carbocycles. The van der Waals surface area contributed by atoms with Crippen molar-refractivity contribution in [3.05, 3.63) is 62.7 Å². The van der Waals surface area contributed by atoms with Crippen molar-refractivity contribution in [2.45, 2.75) is 12.7 Å². The molecule has 0 saturated carbocycles. The van der Waals surface area contributed by atoms with E-state index in [2.05, 4.69) is 15.3 Å². The molecule has 26 heavy (non-hydrogen) atoms. The Hall–Kier alpha value is -2.03. The van der Waals surface area contributed by atoms with E-state index >= 15 is 0 Å². The Morgan fingerprint density at radius 3 is 2.62 bits per heavy atom. The summed E-state index contributed by atoms with van der Waals surface area (Å²) in [5.41, 5.74) is -0.323. The smallest absolute Gasteiger partial charge is 0.433 e. The van der Waals surface area contributed by atoms with Crippen LogP contribution in [-0.2, 0) is 12.7 Å². The van der Waals surface area contributed by atoms with Crippen molar-refractivity contribution in [3.63, 3.8) is 0 Å². The number of ether oxygens (including phenoxy) is 1. The molecule has 0 aliphatic heterocycles. The quantitative estimate of drug-likeness (QED) is 0.529. The van der Waals surface area contributed by atoms with Gasteiger partial charge < -0.3 is 10.1 Å². The highest BCUT2D eigenvalue weighted by Crippen LogP contribution is 2.33. The Labute approximate surface area is 160 Å². The minimum atomic E-state index is -4.55. The lowest BCUT2D eigenvalue weighted by Gasteiger charge is -2.11. The topological polar surface area (TPSA) is 47.0 Å². The molecule has 0 aliphatic rings. The number of rotatable bonds is 5. The highest BCUT2D eigenvalue weighted by atomic mass is 35.5. The Balaban J connectivity index is 1.70. The summed E-state index contributed by atoms with van der Waals surface area (Å²) in [6.07, 6.45) is -2.88. The zero-order valence-corrected chi connectivity index (χ0v) is 15.2. The van der Waals surface area contributed by atoms with Gasteiger partial charge in [-0.1, -0.05) is 29.3 Å². The fourth-order valence-electron chi connectivity index (χ4n) is 1.99. The van der Waals surface area contributed by atoms with Crippen LogP contribution in [0.2, 0.25) is 9.49 Å². The molecular weight excluding hydrogens is 410 g/mol. The molecular formula is C16H10Cl2F3N3OS. The van der Waals surface area contributed by atoms with Crippen molar-refractivity contribution in [2.75, 3.05) is 5.32 Å². The maximum Gasteiger partial charge on any atom is 0.433 e. The Morgan fingerprint density at radius 1 is 1.15 bits per heavy atom. The highest BCUT2D eigenvalue weighted by Gasteiger charge is 2.32. The Kier molecular flexibility index (Phi) is 5.55. The number of halogens is 5. The first-order valence-electron chi connectivity index (χ1n) is 7.17. The van der Waals surface area contributed by atoms with E-state index in [0.717, 1.165) is 10.9 Å². The van der Waals surface area contributed by atoms with Crippen molar-refractivity contribution < 1.29 is 17.9 Å². The summed E-state index contributed by atoms with van der Waals surface area (Å²) in [6.45, 7) is 0.510. The first kappa shape index (κ1) is 18.8. The fraction of sp³-hybridized carbons (Fsp3) is 0.125. The monoisotopic (exact) mass is 419 g/mol. The number of nitrogens with one attached hydrogen (secondary N) is 1. The Bertz CT molecular complexity index is 918. The van der Waals surface area contributed by atoms with Crippen LogP contribution in [0.5, 0.6) is 11.6 Å². The summed E-state index contributed by atoms with van der Waals surface area (Å²) in [5, 5.41) is 3.38. The average Bonchev–Trinajstić information content (AvgIpc) is 3.00. The van der Waals surface area contributed by atoms with Gasteiger partial charge in [0.1, 0.15) is 11.4 Å². The molecule has 0 spiro atoms. The number of hydrogen-bond acceptors (Lipinski definition) is 5. The van der Waals surface area contributed by atoms with E-state index in [1.807, 2.05) is 0 Å². The number of thiazole rings is 1. The predicted octanol–water partition coefficient (Wildman–Crippen LogP) is 6.27. The van der Waals surface area contributed by atoms with E-state index in [4.69, 9.17) is 27.9 Å². The molecule has 1 N–H and O–H groups in total. The molecule has 0 fully saturated rings. The van der Waals surface area contributed by atoms with Crippen molar-refractivity contribution in [1.29, 1.82) is 0 Å². The second-order valence-electron chi connectivity index (χ2n) is 5.04. The number of anilines is 1. The molecule has 1 aromatic carbocycles. The van der Waals surface area contributed by atoms with Gasteiger partial charge in [-0.2, -0.15) is 13.2 Å². The molecule has 2 heterocycles. The number of aromatic nitrogens is 2. The van der Waals surface area contributed by atoms with Crippen LogP contribution < -0.4 is 10.1 Å². The average molecular weight is 420 g/mol. The van der Waals surface area contributed by atoms with Crippen LogP contribution in [0, 0.1) is 0 Å². The minimum absolute atomic E-state index is 0.193. The first-order valence-corrected chi connectivity index (χ1v) is 8.74. The van der Waals surface area contributed by atoms with Gasteiger partial charge in [0, 0.05) is 22.8 Å². The highest BCUT2D eigenvalue weighted by molar-refractivity contribution is 7.15. The molecule has 4 nitrogen and oxygen atoms in total. The van der Waals surface area contributed by atoms with Crippen LogP contribution in [0.15, 0.2) is 42.6 Å². The molecule has 0 radical (unpaired) electrons. The maximum atomic E-state index is 12.7. The van der Waals surface area contributed by atoms with Crippen LogP contribution in [0.3, 0.4) is 0 Å². The number of hydrogen-bond donors (Lipinski definition) is 1. The number of benzene rings is 1. The minimum Gasteiger partial charge on any atom is -0.437 e. The van der Waals surface area contributed by atoms with Crippen LogP contribution in [0.4, 0.5) is 18.9 Å². The fourth-order valence-corrected chi connectivity index (χ4v) is 3.13. The number of pyridine rings is 1. The molecule has 0 bridgehead atoms. The standard InChI is InChI=1S/C16H10Cl2F3N3OS/c17-11-6-9(22-7-10-8-23-15(18)26-10)4-5-12(11)25-14-3-1-2-13(24-14)16(19,20)21/h1-6,8,22H,7H2. The van der Waals surface area contributed by atoms with E-state index in [1.54, 1.807) is 24.4 Å². The van der Waals surface area contributed by atoms with E-state index in [-0.39, 0.29) is 16.7 Å². The molecule has 10 heteroatoms. The van der Waals surface area contributed by atoms with Crippen molar-refractivity contribution in [3.8, 4) is 11.6 Å². The van der Waals surface area contributed by atoms with E-state index in [9.17, 15) is 13.2 Å². The van der Waals surface area contributed by atoms with Crippen LogP contribution >= 0.6 is 34.5 Å². The summed E-state index contributed by atoms with van der Waals surface area (Å²) in [4.78, 5) is 8.33. The van der Waals surface area contributed by atoms with Gasteiger partial charge in [0.25, 0.3) is 0 Å². The van der Waals surface area contributed by atoms with E-state index < -0.39 is 11.9 Å². The molecule has 0 atom stereocenters. The summed E-state index contributed by atoms with van der Waals surface area (Å²) in [5.74, 6) is 0.00612. The normalized spacial score (nSPS) is 11.4. The van der Waals surface area contributed by atoms with Gasteiger partial charge in [-0.3, -0.25) is 0 Å². The number of alkyl halides is 3. The molecule has 3 rings (SSSR count). The van der Waals surface area contributed by atoms with Gasteiger partial charge in [0.15, 0.2) is 4.47 Å². The Morgan fingerprint density at radius 2 is 1.96 bits per heavy atom. The lowest BCUT2D eigenvalue weighted by atomic mass is 10.3. The van der Waals surface area contributed by atoms with Crippen LogP contribution in [0.25, 0.3) is 0 Å². The predicted molar refractivity (Wildman–Crippen MR) is 95.2 cm³/mol. The second kappa shape index (κ2) is 7.69. The van der Waals surface area contributed by atoms with Gasteiger partial charge in [-0.25, -0.2) is 9.97 Å². The van der Waals surface area contributed by atoms with E-state index in [0.29, 0.717) is 16.7 Å². The SMILES string of the molecule is FC(F)(F)c1cccc(Oc2ccc(NCc3cnc(Cl)s3)cc2Cl)n1. The lowest BCUT2D eigenvalue weighted by molar-refractivity contribution is -0.141. The third-order valence-corrected chi connectivity index (χ3v) is 4.56. The van der Waals surface area contributed by atoms with Gasteiger partial charge in [-0.15, -0.1) is 11.3 Å². The van der Waals surface area contributed by atoms with Crippen molar-refractivity contribution in [1.82, 2.24) is 9.97 Å². The number of nitrogens with zero attached hydrogens (tertiary/aromatic N) is 2. The van der Waals surface area contributed by atoms with E-state index in [1.165, 1.54) is 23.5 Å². The first-order chi connectivity index (χ1) is 12.3. The molecule has 3 aromatic rings. The van der Waals surface area contributed by atoms with Gasteiger partial charge in [-0.05, 0) is 24.3 Å². The second-order valence-corrected chi connectivity index (χ2v) is 7.14. The third kappa shape index (κ3) is 4.78. The lowest BCUT2D eigenvalue weighted by Crippen LogP contribution is -2.08. The summed E-state index contributed by atoms with van der Waals surface area (Å²) >= 11 is 13.3. The van der Waals surface area contributed by atoms with Crippen LogP contribution in [0.1, 0.15) is 10.6 Å². The summed E-state index contributed by atoms with van der Waals surface area (Å²) < 4.78 is 43.9. The molecule has 136 valence electrons. The molecule has 0 saturated heterocycles. The zero-order chi connectivity index (χ0) is 18.7. The van der Waals surface area contributed by atoms with Gasteiger partial charge in [0.2, 0.25) is 5.88 Å². The van der Waals surface area contributed by atoms with Crippen molar-refractivity contribution in [2.24, 2.45) is 0 Å². The molecule has 2 aromatic heterocycles. The van der Waals surface area contributed by atoms with Crippen molar-refractivity contribution >= 4 is 40.2 Å². The van der Waals surface area contributed by atoms with Crippen LogP contribution in [-0.4, -0.2) is 9.97 Å². The summed E-state index contributed by atoms with van der Waals surface area (Å²) in [7, 11) is 0. The maximum absolute atomic E-state index is 12.7. The summed E-state index contributed by atoms with van der Waals surface area (Å²) in [6, 6.07) is 8.25. The largest absolute Gasteiger partial charge is 0.437 e. The zero-order valence-electron chi connectivity index (χ0n) is 12.8. The third-order valence-electron chi connectivity index (χ3n) is 3.15. The van der Waals surface area contributed by atoms with Gasteiger partial charge in [0.05, 0.1) is 11.6 Å².